The summed E-state index contributed by atoms with van der Waals surface area (Å²) in [4.78, 5) is 8.89. The number of methoxy groups -OCH3 is 1. The third-order valence-corrected chi connectivity index (χ3v) is 5.60. The fourth-order valence-electron chi connectivity index (χ4n) is 3.64. The molecule has 0 atom stereocenters. The number of ether oxygens (including phenoxy) is 1. The molecule has 2 aromatic heterocycles. The first-order valence-electron chi connectivity index (χ1n) is 10.3. The molecule has 0 amide bonds. The first kappa shape index (κ1) is 21.9. The normalized spacial score (nSPS) is 12.6. The number of rotatable bonds is 6. The van der Waals surface area contributed by atoms with Crippen LogP contribution in [0, 0.1) is 5.82 Å². The zero-order valence-electron chi connectivity index (χ0n) is 18.8. The minimum Gasteiger partial charge on any atom is -0.494 e. The number of hydrogen-bond donors (Lipinski definition) is 3. The second-order valence-electron chi connectivity index (χ2n) is 8.85. The molecule has 0 saturated heterocycles. The van der Waals surface area contributed by atoms with Crippen molar-refractivity contribution in [3.63, 3.8) is 0 Å². The highest BCUT2D eigenvalue weighted by atomic mass is 19.1. The quantitative estimate of drug-likeness (QED) is 0.424. The maximum absolute atomic E-state index is 14.1. The average molecular weight is 439 g/mol. The Hall–Kier alpha value is -3.30. The topological polar surface area (TPSA) is 111 Å². The fraction of sp³-hybridized carbons (Fsp3) is 0.348. The molecule has 0 aliphatic carbocycles. The first-order chi connectivity index (χ1) is 15.0. The van der Waals surface area contributed by atoms with Crippen molar-refractivity contribution in [1.82, 2.24) is 24.9 Å². The maximum Gasteiger partial charge on any atom is 0.223 e. The van der Waals surface area contributed by atoms with E-state index in [0.717, 1.165) is 11.1 Å². The summed E-state index contributed by atoms with van der Waals surface area (Å²) in [5, 5.41) is 18.5. The van der Waals surface area contributed by atoms with Crippen LogP contribution in [0.5, 0.6) is 5.75 Å². The van der Waals surface area contributed by atoms with Crippen LogP contribution in [-0.4, -0.2) is 31.8 Å². The summed E-state index contributed by atoms with van der Waals surface area (Å²) in [7, 11) is 1.45. The molecule has 0 spiro atoms. The van der Waals surface area contributed by atoms with E-state index < -0.39 is 17.0 Å². The van der Waals surface area contributed by atoms with Gasteiger partial charge in [0.25, 0.3) is 0 Å². The van der Waals surface area contributed by atoms with Crippen molar-refractivity contribution in [3.8, 4) is 5.75 Å². The van der Waals surface area contributed by atoms with E-state index in [1.54, 1.807) is 13.8 Å². The monoisotopic (exact) mass is 438 g/mol. The van der Waals surface area contributed by atoms with Gasteiger partial charge in [-0.1, -0.05) is 24.3 Å². The molecule has 4 N–H and O–H groups in total. The Kier molecular flexibility index (Phi) is 5.26. The highest BCUT2D eigenvalue weighted by Crippen LogP contribution is 2.29. The molecule has 0 aliphatic rings. The lowest BCUT2D eigenvalue weighted by Gasteiger charge is -2.27. The first-order valence-corrected chi connectivity index (χ1v) is 10.3. The van der Waals surface area contributed by atoms with E-state index in [2.05, 4.69) is 20.4 Å². The van der Waals surface area contributed by atoms with Crippen LogP contribution in [0.25, 0.3) is 16.6 Å². The van der Waals surface area contributed by atoms with Crippen LogP contribution < -0.4 is 15.8 Å². The number of nitrogen functional groups attached to an aromatic ring is 1. The molecule has 8 nitrogen and oxygen atoms in total. The van der Waals surface area contributed by atoms with Gasteiger partial charge in [0, 0.05) is 11.6 Å². The summed E-state index contributed by atoms with van der Waals surface area (Å²) in [6, 6.07) is 10.4. The van der Waals surface area contributed by atoms with Gasteiger partial charge in [-0.25, -0.2) is 14.4 Å². The fourth-order valence-corrected chi connectivity index (χ4v) is 3.64. The highest BCUT2D eigenvalue weighted by molar-refractivity contribution is 5.95. The lowest BCUT2D eigenvalue weighted by atomic mass is 9.90. The number of halogens is 1. The smallest absolute Gasteiger partial charge is 0.223 e. The second kappa shape index (κ2) is 7.68. The maximum atomic E-state index is 14.1. The van der Waals surface area contributed by atoms with Gasteiger partial charge < -0.3 is 20.9 Å². The van der Waals surface area contributed by atoms with Gasteiger partial charge in [0.15, 0.2) is 11.5 Å². The Morgan fingerprint density at radius 3 is 2.38 bits per heavy atom. The molecule has 32 heavy (non-hydrogen) atoms. The van der Waals surface area contributed by atoms with Crippen LogP contribution in [0.4, 0.5) is 10.3 Å². The Balaban J connectivity index is 1.64. The van der Waals surface area contributed by atoms with Crippen LogP contribution in [0.1, 0.15) is 44.6 Å². The number of nitrogens with one attached hydrogen (secondary N) is 1. The van der Waals surface area contributed by atoms with E-state index in [1.165, 1.54) is 23.8 Å². The number of aromatic nitrogens is 4. The van der Waals surface area contributed by atoms with Crippen molar-refractivity contribution in [2.75, 3.05) is 12.8 Å². The summed E-state index contributed by atoms with van der Waals surface area (Å²) in [6.45, 7) is 7.97. The molecule has 0 radical (unpaired) electrons. The summed E-state index contributed by atoms with van der Waals surface area (Å²) in [6.07, 6.45) is 0. The Labute approximate surface area is 185 Å². The van der Waals surface area contributed by atoms with E-state index >= 15 is 0 Å². The van der Waals surface area contributed by atoms with E-state index in [-0.39, 0.29) is 11.7 Å². The molecule has 168 valence electrons. The van der Waals surface area contributed by atoms with Gasteiger partial charge in [0.1, 0.15) is 17.1 Å². The Bertz CT molecular complexity index is 1290. The van der Waals surface area contributed by atoms with Crippen LogP contribution in [0.2, 0.25) is 0 Å². The van der Waals surface area contributed by atoms with Gasteiger partial charge in [-0.15, -0.1) is 5.10 Å². The van der Waals surface area contributed by atoms with Crippen molar-refractivity contribution >= 4 is 22.5 Å². The van der Waals surface area contributed by atoms with E-state index in [9.17, 15) is 9.50 Å². The molecular weight excluding hydrogens is 411 g/mol. The lowest BCUT2D eigenvalue weighted by molar-refractivity contribution is 0.0785. The minimum absolute atomic E-state index is 0.137. The van der Waals surface area contributed by atoms with Gasteiger partial charge in [-0.05, 0) is 44.9 Å². The molecule has 9 heteroatoms. The molecule has 0 unspecified atom stereocenters. The largest absolute Gasteiger partial charge is 0.494 e. The summed E-state index contributed by atoms with van der Waals surface area (Å²) in [5.74, 6) is 0.460. The zero-order valence-corrected chi connectivity index (χ0v) is 18.8. The number of fused-ring (bicyclic) bond motifs is 3. The molecule has 0 fully saturated rings. The van der Waals surface area contributed by atoms with E-state index in [1.807, 2.05) is 38.1 Å². The SMILES string of the molecule is COc1cc(F)cc2c1nc(N)n1nc(CNC(C)(C)c3ccc(C(C)(C)O)cc3)nc21. The van der Waals surface area contributed by atoms with Crippen molar-refractivity contribution in [1.29, 1.82) is 0 Å². The predicted octanol–water partition coefficient (Wildman–Crippen LogP) is 3.26. The van der Waals surface area contributed by atoms with Crippen molar-refractivity contribution in [2.24, 2.45) is 0 Å². The number of hydrogen-bond acceptors (Lipinski definition) is 7. The van der Waals surface area contributed by atoms with Gasteiger partial charge in [0.2, 0.25) is 5.95 Å². The summed E-state index contributed by atoms with van der Waals surface area (Å²) in [5.41, 5.74) is 7.53. The van der Waals surface area contributed by atoms with Gasteiger partial charge in [-0.3, -0.25) is 0 Å². The van der Waals surface area contributed by atoms with Gasteiger partial charge in [0.05, 0.1) is 24.6 Å². The van der Waals surface area contributed by atoms with Gasteiger partial charge >= 0.3 is 0 Å². The van der Waals surface area contributed by atoms with Crippen molar-refractivity contribution in [3.05, 3.63) is 59.2 Å². The Morgan fingerprint density at radius 2 is 1.75 bits per heavy atom. The third-order valence-electron chi connectivity index (χ3n) is 5.60. The standard InChI is InChI=1S/C23H27FN6O2/c1-22(2,13-6-8-14(9-7-13)23(3,4)31)26-12-18-27-20-16-10-15(24)11-17(32-5)19(16)28-21(25)30(20)29-18/h6-11,26,31H,12H2,1-5H3,(H2,25,28). The number of nitrogens with two attached hydrogens (primary N) is 1. The van der Waals surface area contributed by atoms with Crippen LogP contribution >= 0.6 is 0 Å². The Morgan fingerprint density at radius 1 is 1.09 bits per heavy atom. The lowest BCUT2D eigenvalue weighted by Crippen LogP contribution is -2.36. The number of aliphatic hydroxyl groups is 1. The zero-order chi connectivity index (χ0) is 23.3. The molecule has 4 aromatic rings. The molecule has 0 bridgehead atoms. The van der Waals surface area contributed by atoms with Crippen molar-refractivity contribution in [2.45, 2.75) is 45.4 Å². The number of nitrogens with zero attached hydrogens (tertiary/aromatic N) is 4. The second-order valence-corrected chi connectivity index (χ2v) is 8.85. The third kappa shape index (κ3) is 3.96. The molecule has 0 aliphatic heterocycles. The summed E-state index contributed by atoms with van der Waals surface area (Å²) >= 11 is 0. The molecule has 0 saturated carbocycles. The number of anilines is 1. The predicted molar refractivity (Wildman–Crippen MR) is 121 cm³/mol. The average Bonchev–Trinajstić information content (AvgIpc) is 3.17. The molecule has 4 rings (SSSR count). The van der Waals surface area contributed by atoms with Crippen LogP contribution in [0.15, 0.2) is 36.4 Å². The molecular formula is C23H27FN6O2. The number of benzene rings is 2. The van der Waals surface area contributed by atoms with Crippen LogP contribution in [-0.2, 0) is 17.7 Å². The van der Waals surface area contributed by atoms with E-state index in [4.69, 9.17) is 10.5 Å². The van der Waals surface area contributed by atoms with Crippen molar-refractivity contribution < 1.29 is 14.2 Å². The molecule has 2 aromatic carbocycles. The minimum atomic E-state index is -0.893. The highest BCUT2D eigenvalue weighted by Gasteiger charge is 2.23. The van der Waals surface area contributed by atoms with Crippen LogP contribution in [0.3, 0.4) is 0 Å². The molecule has 2 heterocycles. The van der Waals surface area contributed by atoms with Gasteiger partial charge in [-0.2, -0.15) is 4.52 Å². The summed E-state index contributed by atoms with van der Waals surface area (Å²) < 4.78 is 20.7. The van der Waals surface area contributed by atoms with E-state index in [0.29, 0.717) is 28.9 Å².